The molecule has 0 aliphatic carbocycles. The van der Waals surface area contributed by atoms with Crippen molar-refractivity contribution in [1.82, 2.24) is 15.7 Å². The molecule has 0 bridgehead atoms. The van der Waals surface area contributed by atoms with Crippen molar-refractivity contribution < 1.29 is 24.3 Å². The van der Waals surface area contributed by atoms with E-state index in [0.717, 1.165) is 23.7 Å². The Morgan fingerprint density at radius 1 is 1.25 bits per heavy atom. The molecule has 0 saturated carbocycles. The molecule has 0 unspecified atom stereocenters. The van der Waals surface area contributed by atoms with Gasteiger partial charge in [-0.3, -0.25) is 19.7 Å². The number of rotatable bonds is 10. The summed E-state index contributed by atoms with van der Waals surface area (Å²) in [4.78, 5) is 36.7. The summed E-state index contributed by atoms with van der Waals surface area (Å²) in [5.74, 6) is -0.145. The van der Waals surface area contributed by atoms with Crippen molar-refractivity contribution in [3.63, 3.8) is 0 Å². The van der Waals surface area contributed by atoms with Gasteiger partial charge in [0.25, 0.3) is 5.91 Å². The minimum absolute atomic E-state index is 0.223. The van der Waals surface area contributed by atoms with Gasteiger partial charge in [-0.05, 0) is 31.1 Å². The number of carbonyl (C=O) groups is 3. The lowest BCUT2D eigenvalue weighted by molar-refractivity contribution is -0.129. The van der Waals surface area contributed by atoms with Crippen LogP contribution < -0.4 is 15.5 Å². The summed E-state index contributed by atoms with van der Waals surface area (Å²) >= 11 is 3.37. The number of nitrogens with one attached hydrogen (secondary N) is 2. The van der Waals surface area contributed by atoms with Crippen LogP contribution in [-0.2, 0) is 9.59 Å². The van der Waals surface area contributed by atoms with Gasteiger partial charge >= 0.3 is 6.03 Å². The van der Waals surface area contributed by atoms with Crippen molar-refractivity contribution in [2.75, 3.05) is 13.7 Å². The summed E-state index contributed by atoms with van der Waals surface area (Å²) in [6.45, 7) is 0.344. The molecule has 0 spiro atoms. The molecule has 8 nitrogen and oxygen atoms in total. The Balaban J connectivity index is 1.84. The number of halogens is 1. The van der Waals surface area contributed by atoms with E-state index in [2.05, 4.69) is 21.2 Å². The molecule has 0 aromatic heterocycles. The monoisotopic (exact) mass is 453 g/mol. The van der Waals surface area contributed by atoms with Crippen LogP contribution in [0.15, 0.2) is 28.4 Å². The molecule has 9 heteroatoms. The summed E-state index contributed by atoms with van der Waals surface area (Å²) < 4.78 is 6.16. The number of amides is 4. The minimum Gasteiger partial charge on any atom is -0.496 e. The molecule has 0 radical (unpaired) electrons. The smallest absolute Gasteiger partial charge is 0.329 e. The number of hydroxylamine groups is 1. The number of nitrogens with zero attached hydrogens (tertiary/aromatic N) is 1. The SMILES string of the molecule is COc1cc(Br)ccc1/C=C1\NC(=O)N(CCCCCCCC(=O)NO)C1=O. The lowest BCUT2D eigenvalue weighted by Crippen LogP contribution is -2.31. The maximum atomic E-state index is 12.5. The van der Waals surface area contributed by atoms with Crippen LogP contribution in [-0.4, -0.2) is 41.6 Å². The average molecular weight is 454 g/mol. The molecule has 2 rings (SSSR count). The quantitative estimate of drug-likeness (QED) is 0.166. The highest BCUT2D eigenvalue weighted by atomic mass is 79.9. The molecule has 1 heterocycles. The first kappa shape index (κ1) is 21.9. The molecule has 1 fully saturated rings. The van der Waals surface area contributed by atoms with Crippen LogP contribution in [0.3, 0.4) is 0 Å². The van der Waals surface area contributed by atoms with E-state index in [1.807, 2.05) is 6.07 Å². The Morgan fingerprint density at radius 2 is 1.96 bits per heavy atom. The molecule has 3 N–H and O–H groups in total. The van der Waals surface area contributed by atoms with Crippen LogP contribution in [0.1, 0.15) is 44.1 Å². The second-order valence-corrected chi connectivity index (χ2v) is 7.30. The zero-order valence-electron chi connectivity index (χ0n) is 15.7. The fourth-order valence-electron chi connectivity index (χ4n) is 2.88. The van der Waals surface area contributed by atoms with Gasteiger partial charge in [0.05, 0.1) is 7.11 Å². The third kappa shape index (κ3) is 6.07. The van der Waals surface area contributed by atoms with Crippen molar-refractivity contribution in [2.45, 2.75) is 38.5 Å². The van der Waals surface area contributed by atoms with Crippen molar-refractivity contribution in [3.05, 3.63) is 33.9 Å². The number of hydrogen-bond acceptors (Lipinski definition) is 5. The molecule has 1 aromatic rings. The van der Waals surface area contributed by atoms with Crippen molar-refractivity contribution in [1.29, 1.82) is 0 Å². The number of urea groups is 1. The predicted molar refractivity (Wildman–Crippen MR) is 107 cm³/mol. The zero-order chi connectivity index (χ0) is 20.5. The van der Waals surface area contributed by atoms with Gasteiger partial charge in [-0.2, -0.15) is 0 Å². The molecular weight excluding hydrogens is 430 g/mol. The van der Waals surface area contributed by atoms with Crippen LogP contribution in [0.4, 0.5) is 4.79 Å². The van der Waals surface area contributed by atoms with Gasteiger partial charge in [0.15, 0.2) is 0 Å². The van der Waals surface area contributed by atoms with Gasteiger partial charge in [-0.15, -0.1) is 0 Å². The van der Waals surface area contributed by atoms with E-state index in [1.165, 1.54) is 4.90 Å². The highest BCUT2D eigenvalue weighted by molar-refractivity contribution is 9.10. The lowest BCUT2D eigenvalue weighted by Gasteiger charge is -2.11. The van der Waals surface area contributed by atoms with E-state index >= 15 is 0 Å². The highest BCUT2D eigenvalue weighted by Crippen LogP contribution is 2.26. The molecular formula is C19H24BrN3O5. The van der Waals surface area contributed by atoms with E-state index in [0.29, 0.717) is 30.7 Å². The topological polar surface area (TPSA) is 108 Å². The molecule has 1 aromatic carbocycles. The van der Waals surface area contributed by atoms with E-state index in [-0.39, 0.29) is 23.9 Å². The standard InChI is InChI=1S/C19H24BrN3O5/c1-28-16-12-14(20)9-8-13(16)11-15-18(25)23(19(26)21-15)10-6-4-2-3-5-7-17(24)22-27/h8-9,11-12,27H,2-7,10H2,1H3,(H,21,26)(H,22,24)/b15-11-. The summed E-state index contributed by atoms with van der Waals surface area (Å²) in [5.41, 5.74) is 2.52. The first-order chi connectivity index (χ1) is 13.5. The second kappa shape index (κ2) is 10.8. The molecule has 1 aliphatic heterocycles. The Hall–Kier alpha value is -2.39. The van der Waals surface area contributed by atoms with Crippen LogP contribution >= 0.6 is 15.9 Å². The Labute approximate surface area is 172 Å². The second-order valence-electron chi connectivity index (χ2n) is 6.38. The first-order valence-corrected chi connectivity index (χ1v) is 9.86. The molecule has 4 amide bonds. The summed E-state index contributed by atoms with van der Waals surface area (Å²) in [6, 6.07) is 5.00. The number of carbonyl (C=O) groups excluding carboxylic acids is 3. The van der Waals surface area contributed by atoms with Gasteiger partial charge in [0.1, 0.15) is 11.4 Å². The van der Waals surface area contributed by atoms with Gasteiger partial charge in [-0.1, -0.05) is 41.3 Å². The fourth-order valence-corrected chi connectivity index (χ4v) is 3.22. The normalized spacial score (nSPS) is 15.1. The summed E-state index contributed by atoms with van der Waals surface area (Å²) in [6.07, 6.45) is 5.87. The number of methoxy groups -OCH3 is 1. The highest BCUT2D eigenvalue weighted by Gasteiger charge is 2.33. The predicted octanol–water partition coefficient (Wildman–Crippen LogP) is 3.20. The molecule has 0 atom stereocenters. The molecule has 152 valence electrons. The third-order valence-corrected chi connectivity index (χ3v) is 4.86. The van der Waals surface area contributed by atoms with Crippen molar-refractivity contribution >= 4 is 39.9 Å². The van der Waals surface area contributed by atoms with Crippen molar-refractivity contribution in [2.24, 2.45) is 0 Å². The lowest BCUT2D eigenvalue weighted by atomic mass is 10.1. The summed E-state index contributed by atoms with van der Waals surface area (Å²) in [5, 5.41) is 11.0. The summed E-state index contributed by atoms with van der Waals surface area (Å²) in [7, 11) is 1.54. The molecule has 1 aliphatic rings. The number of ether oxygens (including phenoxy) is 1. The average Bonchev–Trinajstić information content (AvgIpc) is 2.95. The first-order valence-electron chi connectivity index (χ1n) is 9.07. The third-order valence-electron chi connectivity index (χ3n) is 4.37. The Kier molecular flexibility index (Phi) is 8.46. The van der Waals surface area contributed by atoms with Gasteiger partial charge in [-0.25, -0.2) is 10.3 Å². The van der Waals surface area contributed by atoms with Crippen molar-refractivity contribution in [3.8, 4) is 5.75 Å². The van der Waals surface area contributed by atoms with Crippen LogP contribution in [0, 0.1) is 0 Å². The Morgan fingerprint density at radius 3 is 2.68 bits per heavy atom. The van der Waals surface area contributed by atoms with Gasteiger partial charge in [0, 0.05) is 23.0 Å². The number of imide groups is 1. The largest absolute Gasteiger partial charge is 0.496 e. The zero-order valence-corrected chi connectivity index (χ0v) is 17.3. The molecule has 28 heavy (non-hydrogen) atoms. The van der Waals surface area contributed by atoms with E-state index in [4.69, 9.17) is 9.94 Å². The van der Waals surface area contributed by atoms with Crippen LogP contribution in [0.25, 0.3) is 6.08 Å². The fraction of sp³-hybridized carbons (Fsp3) is 0.421. The maximum Gasteiger partial charge on any atom is 0.329 e. The number of hydrogen-bond donors (Lipinski definition) is 3. The van der Waals surface area contributed by atoms with Gasteiger partial charge in [0.2, 0.25) is 5.91 Å². The van der Waals surface area contributed by atoms with Crippen LogP contribution in [0.5, 0.6) is 5.75 Å². The minimum atomic E-state index is -0.424. The maximum absolute atomic E-state index is 12.5. The number of benzene rings is 1. The van der Waals surface area contributed by atoms with E-state index in [1.54, 1.807) is 30.8 Å². The Bertz CT molecular complexity index is 766. The molecule has 1 saturated heterocycles. The van der Waals surface area contributed by atoms with E-state index in [9.17, 15) is 14.4 Å². The van der Waals surface area contributed by atoms with Gasteiger partial charge < -0.3 is 10.1 Å². The van der Waals surface area contributed by atoms with Crippen LogP contribution in [0.2, 0.25) is 0 Å². The van der Waals surface area contributed by atoms with E-state index < -0.39 is 6.03 Å². The number of unbranched alkanes of at least 4 members (excludes halogenated alkanes) is 4.